The fourth-order valence-electron chi connectivity index (χ4n) is 1.72. The molecule has 0 bridgehead atoms. The van der Waals surface area contributed by atoms with Crippen molar-refractivity contribution < 1.29 is 0 Å². The van der Waals surface area contributed by atoms with Gasteiger partial charge in [0.25, 0.3) is 0 Å². The van der Waals surface area contributed by atoms with Gasteiger partial charge in [-0.25, -0.2) is 0 Å². The smallest absolute Gasteiger partial charge is 0.0162 e. The molecule has 3 nitrogen and oxygen atoms in total. The molecule has 1 aliphatic rings. The van der Waals surface area contributed by atoms with Gasteiger partial charge in [-0.1, -0.05) is 0 Å². The number of hydrogen-bond acceptors (Lipinski definition) is 3. The molecule has 0 amide bonds. The van der Waals surface area contributed by atoms with Crippen LogP contribution < -0.4 is 11.1 Å². The molecule has 1 rings (SSSR count). The summed E-state index contributed by atoms with van der Waals surface area (Å²) in [6.07, 6.45) is 2.67. The van der Waals surface area contributed by atoms with Crippen LogP contribution in [0.4, 0.5) is 0 Å². The normalized spacial score (nSPS) is 23.3. The molecule has 1 aliphatic heterocycles. The van der Waals surface area contributed by atoms with Gasteiger partial charge in [-0.2, -0.15) is 0 Å². The average Bonchev–Trinajstić information content (AvgIpc) is 2.16. The maximum atomic E-state index is 5.54. The minimum Gasteiger partial charge on any atom is -0.329 e. The summed E-state index contributed by atoms with van der Waals surface area (Å²) in [5.74, 6) is 0.866. The zero-order valence-electron chi connectivity index (χ0n) is 8.92. The lowest BCUT2D eigenvalue weighted by atomic mass is 9.97. The third-order valence-electron chi connectivity index (χ3n) is 2.95. The van der Waals surface area contributed by atoms with Gasteiger partial charge in [0, 0.05) is 12.6 Å². The number of nitrogens with one attached hydrogen (secondary N) is 1. The third-order valence-corrected chi connectivity index (χ3v) is 2.95. The van der Waals surface area contributed by atoms with Crippen LogP contribution >= 0.6 is 0 Å². The van der Waals surface area contributed by atoms with Gasteiger partial charge in [-0.15, -0.1) is 0 Å². The Hall–Kier alpha value is -0.120. The number of nitrogens with zero attached hydrogens (tertiary/aromatic N) is 1. The Morgan fingerprint density at radius 3 is 2.62 bits per heavy atom. The van der Waals surface area contributed by atoms with Crippen molar-refractivity contribution in [2.24, 2.45) is 11.7 Å². The van der Waals surface area contributed by atoms with E-state index < -0.39 is 0 Å². The Morgan fingerprint density at radius 2 is 2.08 bits per heavy atom. The first-order valence-electron chi connectivity index (χ1n) is 5.34. The SMILES string of the molecule is CC(CN)NCC1CCN(C)CC1. The maximum absolute atomic E-state index is 5.54. The lowest BCUT2D eigenvalue weighted by Gasteiger charge is -2.29. The Balaban J connectivity index is 2.08. The number of likely N-dealkylation sites (tertiary alicyclic amines) is 1. The molecular formula is C10H23N3. The topological polar surface area (TPSA) is 41.3 Å². The zero-order valence-corrected chi connectivity index (χ0v) is 8.92. The Bertz CT molecular complexity index is 130. The molecule has 0 saturated carbocycles. The van der Waals surface area contributed by atoms with Crippen molar-refractivity contribution in [2.45, 2.75) is 25.8 Å². The molecule has 1 unspecified atom stereocenters. The quantitative estimate of drug-likeness (QED) is 0.660. The van der Waals surface area contributed by atoms with E-state index in [2.05, 4.69) is 24.2 Å². The van der Waals surface area contributed by atoms with Gasteiger partial charge in [0.1, 0.15) is 0 Å². The van der Waals surface area contributed by atoms with Crippen LogP contribution in [0.25, 0.3) is 0 Å². The highest BCUT2D eigenvalue weighted by atomic mass is 15.1. The summed E-state index contributed by atoms with van der Waals surface area (Å²) in [5.41, 5.74) is 5.54. The standard InChI is InChI=1S/C10H23N3/c1-9(7-11)12-8-10-3-5-13(2)6-4-10/h9-10,12H,3-8,11H2,1-2H3. The second-order valence-corrected chi connectivity index (χ2v) is 4.29. The fourth-order valence-corrected chi connectivity index (χ4v) is 1.72. The van der Waals surface area contributed by atoms with Crippen LogP contribution in [0.5, 0.6) is 0 Å². The molecule has 0 spiro atoms. The van der Waals surface area contributed by atoms with Crippen molar-refractivity contribution in [1.29, 1.82) is 0 Å². The number of rotatable bonds is 4. The van der Waals surface area contributed by atoms with E-state index in [0.717, 1.165) is 19.0 Å². The minimum absolute atomic E-state index is 0.472. The van der Waals surface area contributed by atoms with Gasteiger partial charge < -0.3 is 16.0 Å². The van der Waals surface area contributed by atoms with E-state index in [0.29, 0.717) is 6.04 Å². The van der Waals surface area contributed by atoms with Gasteiger partial charge in [0.2, 0.25) is 0 Å². The van der Waals surface area contributed by atoms with E-state index in [-0.39, 0.29) is 0 Å². The van der Waals surface area contributed by atoms with E-state index in [1.807, 2.05) is 0 Å². The maximum Gasteiger partial charge on any atom is 0.0162 e. The number of hydrogen-bond donors (Lipinski definition) is 2. The summed E-state index contributed by atoms with van der Waals surface area (Å²) in [6.45, 7) is 6.54. The summed E-state index contributed by atoms with van der Waals surface area (Å²) in [5, 5.41) is 3.47. The average molecular weight is 185 g/mol. The molecule has 1 fully saturated rings. The monoisotopic (exact) mass is 185 g/mol. The fraction of sp³-hybridized carbons (Fsp3) is 1.00. The molecule has 3 N–H and O–H groups in total. The highest BCUT2D eigenvalue weighted by Gasteiger charge is 2.16. The van der Waals surface area contributed by atoms with Crippen molar-refractivity contribution in [3.8, 4) is 0 Å². The first-order chi connectivity index (χ1) is 6.22. The van der Waals surface area contributed by atoms with Crippen LogP contribution in [0, 0.1) is 5.92 Å². The molecule has 3 heteroatoms. The van der Waals surface area contributed by atoms with Crippen molar-refractivity contribution in [1.82, 2.24) is 10.2 Å². The van der Waals surface area contributed by atoms with Crippen LogP contribution in [0.15, 0.2) is 0 Å². The van der Waals surface area contributed by atoms with Crippen molar-refractivity contribution in [3.05, 3.63) is 0 Å². The first-order valence-corrected chi connectivity index (χ1v) is 5.34. The van der Waals surface area contributed by atoms with E-state index in [1.165, 1.54) is 25.9 Å². The summed E-state index contributed by atoms with van der Waals surface area (Å²) in [7, 11) is 2.20. The second kappa shape index (κ2) is 5.58. The van der Waals surface area contributed by atoms with Gasteiger partial charge in [-0.05, 0) is 52.4 Å². The summed E-state index contributed by atoms with van der Waals surface area (Å²) in [4.78, 5) is 2.41. The highest BCUT2D eigenvalue weighted by molar-refractivity contribution is 4.73. The van der Waals surface area contributed by atoms with E-state index >= 15 is 0 Å². The molecule has 1 atom stereocenters. The number of piperidine rings is 1. The second-order valence-electron chi connectivity index (χ2n) is 4.29. The largest absolute Gasteiger partial charge is 0.329 e. The Labute approximate surface area is 81.7 Å². The van der Waals surface area contributed by atoms with Crippen LogP contribution in [0.3, 0.4) is 0 Å². The van der Waals surface area contributed by atoms with Gasteiger partial charge in [-0.3, -0.25) is 0 Å². The molecular weight excluding hydrogens is 162 g/mol. The molecule has 0 radical (unpaired) electrons. The van der Waals surface area contributed by atoms with Crippen molar-refractivity contribution in [3.63, 3.8) is 0 Å². The molecule has 1 heterocycles. The van der Waals surface area contributed by atoms with Gasteiger partial charge in [0.15, 0.2) is 0 Å². The Kier molecular flexibility index (Phi) is 4.70. The van der Waals surface area contributed by atoms with Gasteiger partial charge >= 0.3 is 0 Å². The lowest BCUT2D eigenvalue weighted by Crippen LogP contribution is -2.40. The molecule has 0 aromatic carbocycles. The van der Waals surface area contributed by atoms with Gasteiger partial charge in [0.05, 0.1) is 0 Å². The van der Waals surface area contributed by atoms with Crippen LogP contribution in [0.2, 0.25) is 0 Å². The molecule has 0 aromatic rings. The van der Waals surface area contributed by atoms with Crippen LogP contribution in [-0.4, -0.2) is 44.2 Å². The zero-order chi connectivity index (χ0) is 9.68. The predicted molar refractivity (Wildman–Crippen MR) is 56.7 cm³/mol. The first kappa shape index (κ1) is 11.0. The molecule has 1 saturated heterocycles. The third kappa shape index (κ3) is 4.07. The predicted octanol–water partition coefficient (Wildman–Crippen LogP) is 0.265. The summed E-state index contributed by atoms with van der Waals surface area (Å²) in [6, 6.07) is 0.472. The Morgan fingerprint density at radius 1 is 1.46 bits per heavy atom. The molecule has 0 aromatic heterocycles. The minimum atomic E-state index is 0.472. The van der Waals surface area contributed by atoms with E-state index in [9.17, 15) is 0 Å². The van der Waals surface area contributed by atoms with E-state index in [1.54, 1.807) is 0 Å². The lowest BCUT2D eigenvalue weighted by molar-refractivity contribution is 0.213. The molecule has 13 heavy (non-hydrogen) atoms. The molecule has 0 aliphatic carbocycles. The summed E-state index contributed by atoms with van der Waals surface area (Å²) >= 11 is 0. The number of nitrogens with two attached hydrogens (primary N) is 1. The molecule has 78 valence electrons. The van der Waals surface area contributed by atoms with E-state index in [4.69, 9.17) is 5.73 Å². The summed E-state index contributed by atoms with van der Waals surface area (Å²) < 4.78 is 0. The van der Waals surface area contributed by atoms with Crippen molar-refractivity contribution >= 4 is 0 Å². The van der Waals surface area contributed by atoms with Crippen LogP contribution in [-0.2, 0) is 0 Å². The van der Waals surface area contributed by atoms with Crippen molar-refractivity contribution in [2.75, 3.05) is 33.2 Å². The highest BCUT2D eigenvalue weighted by Crippen LogP contribution is 2.14. The van der Waals surface area contributed by atoms with Crippen LogP contribution in [0.1, 0.15) is 19.8 Å².